The lowest BCUT2D eigenvalue weighted by molar-refractivity contribution is 0.391. The van der Waals surface area contributed by atoms with Crippen LogP contribution in [0.1, 0.15) is 11.5 Å². The molecule has 0 aliphatic carbocycles. The van der Waals surface area contributed by atoms with Gasteiger partial charge in [-0.15, -0.1) is 5.10 Å². The average molecular weight is 228 g/mol. The molecule has 0 aliphatic rings. The minimum absolute atomic E-state index is 0.591. The summed E-state index contributed by atoms with van der Waals surface area (Å²) in [5.41, 5.74) is 0.851. The summed E-state index contributed by atoms with van der Waals surface area (Å²) in [6, 6.07) is 1.87. The van der Waals surface area contributed by atoms with Crippen LogP contribution in [0.4, 0.5) is 5.13 Å². The third-order valence-electron chi connectivity index (χ3n) is 1.54. The Hall–Kier alpha value is -1.21. The fourth-order valence-corrected chi connectivity index (χ4v) is 1.76. The van der Waals surface area contributed by atoms with Gasteiger partial charge >= 0.3 is 0 Å². The second-order valence-electron chi connectivity index (χ2n) is 2.70. The molecule has 0 saturated carbocycles. The summed E-state index contributed by atoms with van der Waals surface area (Å²) in [4.78, 5) is 0. The van der Waals surface area contributed by atoms with Gasteiger partial charge in [0.25, 0.3) is 0 Å². The van der Waals surface area contributed by atoms with E-state index in [1.165, 1.54) is 11.3 Å². The predicted molar refractivity (Wildman–Crippen MR) is 55.9 cm³/mol. The van der Waals surface area contributed by atoms with E-state index in [0.717, 1.165) is 16.6 Å². The molecule has 0 unspecified atom stereocenters. The number of aromatic nitrogens is 3. The van der Waals surface area contributed by atoms with Gasteiger partial charge in [-0.25, -0.2) is 0 Å². The van der Waals surface area contributed by atoms with Crippen LogP contribution in [0, 0.1) is 10.9 Å². The predicted octanol–water partition coefficient (Wildman–Crippen LogP) is 2.11. The number of aromatic amines is 1. The Morgan fingerprint density at radius 3 is 3.14 bits per heavy atom. The van der Waals surface area contributed by atoms with Crippen molar-refractivity contribution in [3.63, 3.8) is 0 Å². The van der Waals surface area contributed by atoms with Crippen LogP contribution in [0.2, 0.25) is 0 Å². The van der Waals surface area contributed by atoms with E-state index in [2.05, 4.69) is 20.7 Å². The summed E-state index contributed by atoms with van der Waals surface area (Å²) in [6.45, 7) is 2.45. The molecule has 0 aromatic carbocycles. The van der Waals surface area contributed by atoms with Crippen LogP contribution in [-0.4, -0.2) is 15.4 Å². The van der Waals surface area contributed by atoms with E-state index in [1.54, 1.807) is 0 Å². The van der Waals surface area contributed by atoms with Crippen molar-refractivity contribution in [2.45, 2.75) is 13.5 Å². The minimum atomic E-state index is 0.591. The molecule has 2 aromatic heterocycles. The zero-order chi connectivity index (χ0) is 9.97. The van der Waals surface area contributed by atoms with Gasteiger partial charge in [-0.05, 0) is 19.1 Å². The second kappa shape index (κ2) is 3.89. The average Bonchev–Trinajstić information content (AvgIpc) is 2.72. The van der Waals surface area contributed by atoms with Gasteiger partial charge in [0.2, 0.25) is 5.13 Å². The zero-order valence-corrected chi connectivity index (χ0v) is 9.04. The number of nitrogens with zero attached hydrogens (tertiary/aromatic N) is 2. The molecule has 0 aliphatic heterocycles. The quantitative estimate of drug-likeness (QED) is 0.787. The highest BCUT2D eigenvalue weighted by Crippen LogP contribution is 2.12. The van der Waals surface area contributed by atoms with Crippen molar-refractivity contribution >= 4 is 28.7 Å². The van der Waals surface area contributed by atoms with E-state index in [0.29, 0.717) is 10.5 Å². The van der Waals surface area contributed by atoms with Gasteiger partial charge in [0.05, 0.1) is 6.54 Å². The van der Waals surface area contributed by atoms with E-state index in [4.69, 9.17) is 16.7 Å². The van der Waals surface area contributed by atoms with E-state index >= 15 is 0 Å². The van der Waals surface area contributed by atoms with Crippen LogP contribution in [-0.2, 0) is 6.54 Å². The Morgan fingerprint density at radius 2 is 2.57 bits per heavy atom. The summed E-state index contributed by atoms with van der Waals surface area (Å²) in [7, 11) is 0. The SMILES string of the molecule is Cc1cc(CNc2n[nH]c(=S)s2)no1. The molecule has 14 heavy (non-hydrogen) atoms. The summed E-state index contributed by atoms with van der Waals surface area (Å²) >= 11 is 6.29. The van der Waals surface area contributed by atoms with Gasteiger partial charge in [0, 0.05) is 6.07 Å². The van der Waals surface area contributed by atoms with E-state index in [9.17, 15) is 0 Å². The van der Waals surface area contributed by atoms with Crippen molar-refractivity contribution in [2.24, 2.45) is 0 Å². The van der Waals surface area contributed by atoms with Crippen LogP contribution in [0.15, 0.2) is 10.6 Å². The van der Waals surface area contributed by atoms with Crippen LogP contribution < -0.4 is 5.32 Å². The second-order valence-corrected chi connectivity index (χ2v) is 4.37. The molecule has 0 fully saturated rings. The number of anilines is 1. The molecule has 0 bridgehead atoms. The lowest BCUT2D eigenvalue weighted by atomic mass is 10.4. The number of aryl methyl sites for hydroxylation is 1. The molecule has 0 saturated heterocycles. The topological polar surface area (TPSA) is 66.7 Å². The summed E-state index contributed by atoms with van der Waals surface area (Å²) in [5, 5.41) is 14.3. The van der Waals surface area contributed by atoms with Crippen LogP contribution >= 0.6 is 23.6 Å². The number of nitrogens with one attached hydrogen (secondary N) is 2. The maximum Gasteiger partial charge on any atom is 0.204 e. The largest absolute Gasteiger partial charge is 0.361 e. The van der Waals surface area contributed by atoms with Gasteiger partial charge in [-0.2, -0.15) is 0 Å². The smallest absolute Gasteiger partial charge is 0.204 e. The maximum atomic E-state index is 4.92. The zero-order valence-electron chi connectivity index (χ0n) is 7.40. The molecule has 2 heterocycles. The van der Waals surface area contributed by atoms with Crippen molar-refractivity contribution in [3.05, 3.63) is 21.5 Å². The number of H-pyrrole nitrogens is 1. The number of hydrogen-bond donors (Lipinski definition) is 2. The fraction of sp³-hybridized carbons (Fsp3) is 0.286. The van der Waals surface area contributed by atoms with Gasteiger partial charge in [-0.3, -0.25) is 5.10 Å². The molecule has 0 amide bonds. The van der Waals surface area contributed by atoms with Crippen molar-refractivity contribution in [1.29, 1.82) is 0 Å². The van der Waals surface area contributed by atoms with Gasteiger partial charge in [0.1, 0.15) is 11.5 Å². The molecule has 7 heteroatoms. The highest BCUT2D eigenvalue weighted by Gasteiger charge is 2.01. The monoisotopic (exact) mass is 228 g/mol. The first-order chi connectivity index (χ1) is 6.74. The molecule has 0 spiro atoms. The summed E-state index contributed by atoms with van der Waals surface area (Å²) in [5.74, 6) is 0.802. The summed E-state index contributed by atoms with van der Waals surface area (Å²) < 4.78 is 5.58. The normalized spacial score (nSPS) is 10.4. The Morgan fingerprint density at radius 1 is 1.71 bits per heavy atom. The van der Waals surface area contributed by atoms with E-state index in [-0.39, 0.29) is 0 Å². The molecule has 0 atom stereocenters. The van der Waals surface area contributed by atoms with Gasteiger partial charge in [0.15, 0.2) is 3.95 Å². The van der Waals surface area contributed by atoms with Crippen molar-refractivity contribution in [1.82, 2.24) is 15.4 Å². The molecule has 2 aromatic rings. The van der Waals surface area contributed by atoms with Crippen molar-refractivity contribution in [3.8, 4) is 0 Å². The first-order valence-corrected chi connectivity index (χ1v) is 5.18. The maximum absolute atomic E-state index is 4.92. The Bertz CT molecular complexity index is 472. The molecule has 2 rings (SSSR count). The standard InChI is InChI=1S/C7H8N4OS2/c1-4-2-5(11-12-4)3-8-6-9-10-7(13)14-6/h2H,3H2,1H3,(H,8,9)(H,10,13). The molecular weight excluding hydrogens is 220 g/mol. The molecule has 5 nitrogen and oxygen atoms in total. The van der Waals surface area contributed by atoms with Gasteiger partial charge in [-0.1, -0.05) is 16.5 Å². The van der Waals surface area contributed by atoms with E-state index in [1.807, 2.05) is 13.0 Å². The molecule has 74 valence electrons. The first kappa shape index (κ1) is 9.35. The minimum Gasteiger partial charge on any atom is -0.361 e. The highest BCUT2D eigenvalue weighted by atomic mass is 32.1. The van der Waals surface area contributed by atoms with Gasteiger partial charge < -0.3 is 9.84 Å². The number of hydrogen-bond acceptors (Lipinski definition) is 6. The van der Waals surface area contributed by atoms with E-state index < -0.39 is 0 Å². The third-order valence-corrected chi connectivity index (χ3v) is 2.58. The molecule has 0 radical (unpaired) electrons. The first-order valence-electron chi connectivity index (χ1n) is 3.95. The third kappa shape index (κ3) is 2.18. The molecule has 2 N–H and O–H groups in total. The van der Waals surface area contributed by atoms with Crippen molar-refractivity contribution in [2.75, 3.05) is 5.32 Å². The Balaban J connectivity index is 1.98. The lowest BCUT2D eigenvalue weighted by Crippen LogP contribution is -1.98. The van der Waals surface area contributed by atoms with Crippen molar-refractivity contribution < 1.29 is 4.52 Å². The Kier molecular flexibility index (Phi) is 2.60. The van der Waals surface area contributed by atoms with Crippen LogP contribution in [0.3, 0.4) is 0 Å². The fourth-order valence-electron chi connectivity index (χ4n) is 0.973. The van der Waals surface area contributed by atoms with Crippen LogP contribution in [0.5, 0.6) is 0 Å². The molecular formula is C7H8N4OS2. The highest BCUT2D eigenvalue weighted by molar-refractivity contribution is 7.73. The lowest BCUT2D eigenvalue weighted by Gasteiger charge is -1.95. The van der Waals surface area contributed by atoms with Crippen LogP contribution in [0.25, 0.3) is 0 Å². The summed E-state index contributed by atoms with van der Waals surface area (Å²) in [6.07, 6.45) is 0. The Labute approximate surface area is 89.1 Å². The number of rotatable bonds is 3.